The molecule has 1 heterocycles. The molecule has 2 rings (SSSR count). The SMILES string of the molecule is CN1C(=O)C(O)N(c2cccc(N)c2)C1=O. The standard InChI is InChI=1S/C10H11N3O3/c1-12-8(14)9(15)13(10(12)16)7-4-2-3-6(11)5-7/h2-5,9,15H,11H2,1H3. The summed E-state index contributed by atoms with van der Waals surface area (Å²) in [6, 6.07) is 5.86. The monoisotopic (exact) mass is 221 g/mol. The normalized spacial score (nSPS) is 20.8. The maximum absolute atomic E-state index is 11.7. The highest BCUT2D eigenvalue weighted by molar-refractivity contribution is 6.13. The van der Waals surface area contributed by atoms with E-state index in [1.807, 2.05) is 0 Å². The largest absolute Gasteiger partial charge is 0.399 e. The van der Waals surface area contributed by atoms with Gasteiger partial charge in [0.25, 0.3) is 5.91 Å². The molecule has 16 heavy (non-hydrogen) atoms. The van der Waals surface area contributed by atoms with Crippen LogP contribution in [0.1, 0.15) is 0 Å². The summed E-state index contributed by atoms with van der Waals surface area (Å²) in [6.45, 7) is 0. The number of hydrogen-bond donors (Lipinski definition) is 2. The van der Waals surface area contributed by atoms with Gasteiger partial charge in [-0.15, -0.1) is 0 Å². The average molecular weight is 221 g/mol. The number of benzene rings is 1. The van der Waals surface area contributed by atoms with Gasteiger partial charge in [-0.25, -0.2) is 4.79 Å². The van der Waals surface area contributed by atoms with Crippen molar-refractivity contribution in [1.82, 2.24) is 4.90 Å². The van der Waals surface area contributed by atoms with Crippen LogP contribution in [-0.4, -0.2) is 35.2 Å². The molecule has 1 aliphatic rings. The van der Waals surface area contributed by atoms with Crippen molar-refractivity contribution in [2.45, 2.75) is 6.23 Å². The lowest BCUT2D eigenvalue weighted by atomic mass is 10.2. The Morgan fingerprint density at radius 3 is 2.56 bits per heavy atom. The Kier molecular flexibility index (Phi) is 2.28. The van der Waals surface area contributed by atoms with Crippen molar-refractivity contribution >= 4 is 23.3 Å². The predicted molar refractivity (Wildman–Crippen MR) is 57.5 cm³/mol. The molecule has 0 radical (unpaired) electrons. The zero-order valence-corrected chi connectivity index (χ0v) is 8.62. The summed E-state index contributed by atoms with van der Waals surface area (Å²) in [7, 11) is 1.32. The van der Waals surface area contributed by atoms with Crippen LogP contribution in [0.5, 0.6) is 0 Å². The number of rotatable bonds is 1. The molecule has 6 nitrogen and oxygen atoms in total. The van der Waals surface area contributed by atoms with Crippen molar-refractivity contribution in [2.75, 3.05) is 17.7 Å². The fourth-order valence-electron chi connectivity index (χ4n) is 1.57. The van der Waals surface area contributed by atoms with Gasteiger partial charge in [-0.2, -0.15) is 0 Å². The Morgan fingerprint density at radius 1 is 1.38 bits per heavy atom. The van der Waals surface area contributed by atoms with Gasteiger partial charge in [0.15, 0.2) is 0 Å². The minimum atomic E-state index is -1.47. The Hall–Kier alpha value is -2.08. The van der Waals surface area contributed by atoms with E-state index < -0.39 is 18.2 Å². The number of carbonyl (C=O) groups is 2. The number of imide groups is 1. The minimum absolute atomic E-state index is 0.398. The van der Waals surface area contributed by atoms with Gasteiger partial charge in [0.2, 0.25) is 6.23 Å². The lowest BCUT2D eigenvalue weighted by Gasteiger charge is -2.17. The Labute approximate surface area is 91.9 Å². The van der Waals surface area contributed by atoms with E-state index in [-0.39, 0.29) is 0 Å². The van der Waals surface area contributed by atoms with Crippen LogP contribution in [0.3, 0.4) is 0 Å². The van der Waals surface area contributed by atoms with Crippen LogP contribution in [0.2, 0.25) is 0 Å². The molecule has 6 heteroatoms. The van der Waals surface area contributed by atoms with Gasteiger partial charge in [-0.05, 0) is 18.2 Å². The quantitative estimate of drug-likeness (QED) is 0.515. The van der Waals surface area contributed by atoms with Gasteiger partial charge >= 0.3 is 6.03 Å². The van der Waals surface area contributed by atoms with Crippen molar-refractivity contribution in [1.29, 1.82) is 0 Å². The molecule has 84 valence electrons. The van der Waals surface area contributed by atoms with Crippen molar-refractivity contribution in [2.24, 2.45) is 0 Å². The van der Waals surface area contributed by atoms with Crippen LogP contribution in [-0.2, 0) is 4.79 Å². The van der Waals surface area contributed by atoms with E-state index in [1.165, 1.54) is 13.1 Å². The first-order chi connectivity index (χ1) is 7.52. The molecule has 1 saturated heterocycles. The molecular formula is C10H11N3O3. The van der Waals surface area contributed by atoms with Gasteiger partial charge in [0.05, 0.1) is 5.69 Å². The fraction of sp³-hybridized carbons (Fsp3) is 0.200. The van der Waals surface area contributed by atoms with Crippen LogP contribution in [0, 0.1) is 0 Å². The highest BCUT2D eigenvalue weighted by Crippen LogP contribution is 2.25. The zero-order valence-electron chi connectivity index (χ0n) is 8.62. The Balaban J connectivity index is 2.42. The third kappa shape index (κ3) is 1.40. The molecular weight excluding hydrogens is 210 g/mol. The second-order valence-electron chi connectivity index (χ2n) is 3.52. The molecule has 1 aliphatic heterocycles. The first kappa shape index (κ1) is 10.4. The molecule has 3 N–H and O–H groups in total. The van der Waals surface area contributed by atoms with Crippen LogP contribution in [0.15, 0.2) is 24.3 Å². The summed E-state index contributed by atoms with van der Waals surface area (Å²) < 4.78 is 0. The van der Waals surface area contributed by atoms with E-state index in [1.54, 1.807) is 18.2 Å². The predicted octanol–water partition coefficient (Wildman–Crippen LogP) is -0.0144. The van der Waals surface area contributed by atoms with E-state index in [9.17, 15) is 14.7 Å². The van der Waals surface area contributed by atoms with E-state index in [0.29, 0.717) is 11.4 Å². The molecule has 0 aliphatic carbocycles. The lowest BCUT2D eigenvalue weighted by molar-refractivity contribution is -0.132. The molecule has 0 bridgehead atoms. The molecule has 0 aromatic heterocycles. The van der Waals surface area contributed by atoms with Crippen molar-refractivity contribution in [3.63, 3.8) is 0 Å². The van der Waals surface area contributed by atoms with E-state index in [0.717, 1.165) is 9.80 Å². The fourth-order valence-corrected chi connectivity index (χ4v) is 1.57. The van der Waals surface area contributed by atoms with Crippen molar-refractivity contribution in [3.8, 4) is 0 Å². The summed E-state index contributed by atoms with van der Waals surface area (Å²) >= 11 is 0. The summed E-state index contributed by atoms with van der Waals surface area (Å²) in [5, 5.41) is 9.62. The number of nitrogens with zero attached hydrogens (tertiary/aromatic N) is 2. The maximum atomic E-state index is 11.7. The number of likely N-dealkylation sites (N-methyl/N-ethyl adjacent to an activating group) is 1. The van der Waals surface area contributed by atoms with E-state index >= 15 is 0 Å². The summed E-state index contributed by atoms with van der Waals surface area (Å²) in [5.74, 6) is -0.646. The second kappa shape index (κ2) is 3.49. The molecule has 3 amide bonds. The second-order valence-corrected chi connectivity index (χ2v) is 3.52. The summed E-state index contributed by atoms with van der Waals surface area (Å²) in [4.78, 5) is 24.9. The van der Waals surface area contributed by atoms with E-state index in [4.69, 9.17) is 5.73 Å². The van der Waals surface area contributed by atoms with Gasteiger partial charge in [0.1, 0.15) is 0 Å². The molecule has 1 atom stereocenters. The van der Waals surface area contributed by atoms with Crippen molar-refractivity contribution in [3.05, 3.63) is 24.3 Å². The lowest BCUT2D eigenvalue weighted by Crippen LogP contribution is -2.34. The molecule has 1 unspecified atom stereocenters. The number of nitrogens with two attached hydrogens (primary N) is 1. The Morgan fingerprint density at radius 2 is 2.06 bits per heavy atom. The summed E-state index contributed by atoms with van der Waals surface area (Å²) in [6.07, 6.45) is -1.47. The maximum Gasteiger partial charge on any atom is 0.333 e. The number of carbonyl (C=O) groups excluding carboxylic acids is 2. The number of aliphatic hydroxyl groups excluding tert-OH is 1. The Bertz CT molecular complexity index is 460. The highest BCUT2D eigenvalue weighted by atomic mass is 16.3. The van der Waals surface area contributed by atoms with Crippen molar-refractivity contribution < 1.29 is 14.7 Å². The van der Waals surface area contributed by atoms with Crippen LogP contribution < -0.4 is 10.6 Å². The van der Waals surface area contributed by atoms with Crippen LogP contribution >= 0.6 is 0 Å². The molecule has 1 aromatic rings. The smallest absolute Gasteiger partial charge is 0.333 e. The summed E-state index contributed by atoms with van der Waals surface area (Å²) in [5.41, 5.74) is 6.42. The third-order valence-corrected chi connectivity index (χ3v) is 2.44. The molecule has 1 fully saturated rings. The molecule has 0 saturated carbocycles. The van der Waals surface area contributed by atoms with E-state index in [2.05, 4.69) is 0 Å². The van der Waals surface area contributed by atoms with Crippen LogP contribution in [0.4, 0.5) is 16.2 Å². The number of amides is 3. The van der Waals surface area contributed by atoms with Gasteiger partial charge in [-0.1, -0.05) is 6.07 Å². The number of aliphatic hydroxyl groups is 1. The number of nitrogen functional groups attached to an aromatic ring is 1. The number of anilines is 2. The first-order valence-electron chi connectivity index (χ1n) is 4.67. The first-order valence-corrected chi connectivity index (χ1v) is 4.67. The molecule has 0 spiro atoms. The zero-order chi connectivity index (χ0) is 11.9. The van der Waals surface area contributed by atoms with Gasteiger partial charge < -0.3 is 10.8 Å². The van der Waals surface area contributed by atoms with Gasteiger partial charge in [0, 0.05) is 12.7 Å². The topological polar surface area (TPSA) is 86.9 Å². The highest BCUT2D eigenvalue weighted by Gasteiger charge is 2.42. The third-order valence-electron chi connectivity index (χ3n) is 2.44. The number of hydrogen-bond acceptors (Lipinski definition) is 4. The number of urea groups is 1. The van der Waals surface area contributed by atoms with Gasteiger partial charge in [-0.3, -0.25) is 14.6 Å². The minimum Gasteiger partial charge on any atom is -0.399 e. The van der Waals surface area contributed by atoms with Crippen LogP contribution in [0.25, 0.3) is 0 Å². The molecule has 1 aromatic carbocycles. The average Bonchev–Trinajstić information content (AvgIpc) is 2.44.